The van der Waals surface area contributed by atoms with Crippen molar-refractivity contribution in [3.63, 3.8) is 0 Å². The molecule has 3 heterocycles. The molecule has 10 rings (SSSR count). The van der Waals surface area contributed by atoms with Crippen molar-refractivity contribution in [3.8, 4) is 39.6 Å². The SMILES string of the molecule is Cc1cc(C)cc(N2[CH-]N(c3[c-]c(Oc4[c-]c5c(cc4)c4ccccc4n5-c4cc(-c5c(C(C)C)cccc5C(C)C)ccn4)ccc3)c3cccc(-c4ccc(C(C)(C)C)cc4)c32)c1.[Pt]. The molecule has 0 amide bonds. The molecule has 0 saturated carbocycles. The minimum Gasteiger partial charge on any atom is -0.509 e. The molecular weight excluding hydrogens is 988 g/mol. The van der Waals surface area contributed by atoms with Crippen LogP contribution in [0.4, 0.5) is 22.7 Å². The Labute approximate surface area is 405 Å². The number of aryl methyl sites for hydroxylation is 2. The Morgan fingerprint density at radius 1 is 0.621 bits per heavy atom. The van der Waals surface area contributed by atoms with Crippen LogP contribution in [0, 0.1) is 32.6 Å². The number of aromatic nitrogens is 2. The summed E-state index contributed by atoms with van der Waals surface area (Å²) in [5.41, 5.74) is 17.4. The summed E-state index contributed by atoms with van der Waals surface area (Å²) >= 11 is 0. The fourth-order valence-corrected chi connectivity index (χ4v) is 9.58. The van der Waals surface area contributed by atoms with E-state index in [0.29, 0.717) is 23.3 Å². The Hall–Kier alpha value is -6.42. The number of fused-ring (bicyclic) bond motifs is 4. The fourth-order valence-electron chi connectivity index (χ4n) is 9.58. The topological polar surface area (TPSA) is 33.5 Å². The van der Waals surface area contributed by atoms with Gasteiger partial charge in [-0.3, -0.25) is 0 Å². The summed E-state index contributed by atoms with van der Waals surface area (Å²) in [6, 6.07) is 59.5. The molecule has 0 N–H and O–H groups in total. The summed E-state index contributed by atoms with van der Waals surface area (Å²) in [5.74, 6) is 2.79. The molecule has 334 valence electrons. The molecule has 0 bridgehead atoms. The van der Waals surface area contributed by atoms with Gasteiger partial charge in [0.2, 0.25) is 0 Å². The molecule has 9 aromatic rings. The number of benzene rings is 7. The first-order valence-corrected chi connectivity index (χ1v) is 22.8. The average molecular weight is 1040 g/mol. The first-order valence-electron chi connectivity index (χ1n) is 22.8. The van der Waals surface area contributed by atoms with Gasteiger partial charge in [-0.2, -0.15) is 12.1 Å². The van der Waals surface area contributed by atoms with Crippen molar-refractivity contribution >= 4 is 44.6 Å². The van der Waals surface area contributed by atoms with E-state index in [0.717, 1.165) is 61.5 Å². The van der Waals surface area contributed by atoms with Gasteiger partial charge in [0.15, 0.2) is 0 Å². The normalized spacial score (nSPS) is 12.7. The largest absolute Gasteiger partial charge is 0.509 e. The van der Waals surface area contributed by atoms with Gasteiger partial charge in [-0.1, -0.05) is 133 Å². The van der Waals surface area contributed by atoms with Gasteiger partial charge in [0.1, 0.15) is 5.82 Å². The molecule has 5 nitrogen and oxygen atoms in total. The van der Waals surface area contributed by atoms with Crippen LogP contribution in [-0.2, 0) is 26.5 Å². The predicted octanol–water partition coefficient (Wildman–Crippen LogP) is 16.5. The Morgan fingerprint density at radius 2 is 1.30 bits per heavy atom. The molecule has 66 heavy (non-hydrogen) atoms. The number of rotatable bonds is 9. The van der Waals surface area contributed by atoms with E-state index in [9.17, 15) is 0 Å². The molecule has 0 spiro atoms. The summed E-state index contributed by atoms with van der Waals surface area (Å²) in [4.78, 5) is 9.54. The van der Waals surface area contributed by atoms with Crippen LogP contribution in [0.2, 0.25) is 0 Å². The number of anilines is 4. The Morgan fingerprint density at radius 3 is 2.02 bits per heavy atom. The Kier molecular flexibility index (Phi) is 12.0. The zero-order valence-corrected chi connectivity index (χ0v) is 41.5. The van der Waals surface area contributed by atoms with Crippen molar-refractivity contribution in [2.75, 3.05) is 9.80 Å². The van der Waals surface area contributed by atoms with Crippen LogP contribution in [0.5, 0.6) is 11.5 Å². The third-order valence-electron chi connectivity index (χ3n) is 12.7. The van der Waals surface area contributed by atoms with Crippen molar-refractivity contribution in [3.05, 3.63) is 198 Å². The summed E-state index contributed by atoms with van der Waals surface area (Å²) in [6.07, 6.45) is 1.94. The maximum absolute atomic E-state index is 6.71. The van der Waals surface area contributed by atoms with E-state index < -0.39 is 0 Å². The Balaban J connectivity index is 0.00000548. The molecule has 0 aliphatic carbocycles. The van der Waals surface area contributed by atoms with Crippen molar-refractivity contribution < 1.29 is 25.8 Å². The fraction of sp³-hybridized carbons (Fsp3) is 0.200. The second-order valence-electron chi connectivity index (χ2n) is 19.2. The van der Waals surface area contributed by atoms with Gasteiger partial charge < -0.3 is 19.1 Å². The van der Waals surface area contributed by atoms with Gasteiger partial charge in [-0.05, 0) is 117 Å². The molecule has 0 unspecified atom stereocenters. The molecule has 0 saturated heterocycles. The van der Waals surface area contributed by atoms with Crippen LogP contribution in [0.25, 0.3) is 49.9 Å². The number of hydrogen-bond acceptors (Lipinski definition) is 4. The second kappa shape index (κ2) is 17.8. The third-order valence-corrected chi connectivity index (χ3v) is 12.7. The molecule has 6 heteroatoms. The van der Waals surface area contributed by atoms with E-state index >= 15 is 0 Å². The quantitative estimate of drug-likeness (QED) is 0.135. The van der Waals surface area contributed by atoms with Gasteiger partial charge in [0, 0.05) is 66.9 Å². The number of pyridine rings is 1. The van der Waals surface area contributed by atoms with E-state index in [4.69, 9.17) is 9.72 Å². The minimum atomic E-state index is 0. The maximum atomic E-state index is 6.71. The zero-order chi connectivity index (χ0) is 45.1. The number of nitrogens with zero attached hydrogens (tertiary/aromatic N) is 4. The second-order valence-corrected chi connectivity index (χ2v) is 19.2. The average Bonchev–Trinajstić information content (AvgIpc) is 3.85. The monoisotopic (exact) mass is 1040 g/mol. The van der Waals surface area contributed by atoms with Crippen LogP contribution in [-0.4, -0.2) is 9.55 Å². The first-order chi connectivity index (χ1) is 31.3. The van der Waals surface area contributed by atoms with Gasteiger partial charge in [0.05, 0.1) is 0 Å². The molecule has 0 radical (unpaired) electrons. The molecule has 1 aliphatic heterocycles. The maximum Gasteiger partial charge on any atom is 0.136 e. The molecular formula is C60H55N4OPt-3. The zero-order valence-electron chi connectivity index (χ0n) is 39.2. The third kappa shape index (κ3) is 8.24. The predicted molar refractivity (Wildman–Crippen MR) is 271 cm³/mol. The first kappa shape index (κ1) is 44.8. The van der Waals surface area contributed by atoms with Crippen molar-refractivity contribution in [1.82, 2.24) is 9.55 Å². The number of hydrogen-bond donors (Lipinski definition) is 0. The smallest absolute Gasteiger partial charge is 0.136 e. The Bertz CT molecular complexity index is 3200. The van der Waals surface area contributed by atoms with E-state index in [1.807, 2.05) is 24.4 Å². The van der Waals surface area contributed by atoms with E-state index in [2.05, 4.69) is 223 Å². The summed E-state index contributed by atoms with van der Waals surface area (Å²) in [6.45, 7) is 22.4. The number of para-hydroxylation sites is 2. The standard InChI is InChI=1S/C60H55N4O.Pt/c1-38(2)49-18-13-19-50(39(3)4)58(49)43-29-30-61-57(34-43)64-54-21-11-10-17-52(54)53-28-27-48(36-56(53)64)65-47-16-12-15-45(35-47)62-37-63(46-32-40(5)31-41(6)33-46)59-51(20-14-22-55(59)62)42-23-25-44(26-24-42)60(7,8)9;/h10-34,37-39H,1-9H3;/q-3;. The van der Waals surface area contributed by atoms with Gasteiger partial charge in [-0.25, -0.2) is 4.98 Å². The van der Waals surface area contributed by atoms with E-state index in [-0.39, 0.29) is 26.5 Å². The van der Waals surface area contributed by atoms with E-state index in [1.165, 1.54) is 38.9 Å². The summed E-state index contributed by atoms with van der Waals surface area (Å²) in [5, 5.41) is 2.22. The van der Waals surface area contributed by atoms with Crippen LogP contribution < -0.4 is 14.5 Å². The van der Waals surface area contributed by atoms with Crippen molar-refractivity contribution in [2.24, 2.45) is 0 Å². The molecule has 1 aliphatic rings. The van der Waals surface area contributed by atoms with Gasteiger partial charge in [-0.15, -0.1) is 48.1 Å². The summed E-state index contributed by atoms with van der Waals surface area (Å²) < 4.78 is 8.94. The summed E-state index contributed by atoms with van der Waals surface area (Å²) in [7, 11) is 0. The van der Waals surface area contributed by atoms with E-state index in [1.54, 1.807) is 0 Å². The molecule has 0 atom stereocenters. The van der Waals surface area contributed by atoms with Crippen molar-refractivity contribution in [1.29, 1.82) is 0 Å². The van der Waals surface area contributed by atoms with Gasteiger partial charge >= 0.3 is 0 Å². The minimum absolute atomic E-state index is 0. The van der Waals surface area contributed by atoms with Crippen LogP contribution in [0.15, 0.2) is 152 Å². The molecule has 2 aromatic heterocycles. The van der Waals surface area contributed by atoms with Gasteiger partial charge in [0.25, 0.3) is 0 Å². The van der Waals surface area contributed by atoms with Crippen LogP contribution >= 0.6 is 0 Å². The molecule has 0 fully saturated rings. The number of ether oxygens (including phenoxy) is 1. The molecule has 7 aromatic carbocycles. The van der Waals surface area contributed by atoms with Crippen LogP contribution in [0.3, 0.4) is 0 Å². The van der Waals surface area contributed by atoms with Crippen molar-refractivity contribution in [2.45, 2.75) is 79.6 Å². The van der Waals surface area contributed by atoms with Crippen LogP contribution in [0.1, 0.15) is 88.1 Å².